The van der Waals surface area contributed by atoms with Crippen molar-refractivity contribution < 1.29 is 14.4 Å². The van der Waals surface area contributed by atoms with E-state index in [4.69, 9.17) is 0 Å². The van der Waals surface area contributed by atoms with Gasteiger partial charge in [0.05, 0.1) is 13.0 Å². The van der Waals surface area contributed by atoms with Gasteiger partial charge in [-0.15, -0.1) is 0 Å². The average Bonchev–Trinajstić information content (AvgIpc) is 2.27. The highest BCUT2D eigenvalue weighted by Gasteiger charge is 2.24. The first kappa shape index (κ1) is 14.6. The number of hydrogen-bond donors (Lipinski definition) is 0. The van der Waals surface area contributed by atoms with Gasteiger partial charge >= 0.3 is 0 Å². The summed E-state index contributed by atoms with van der Waals surface area (Å²) in [5, 5.41) is 0. The van der Waals surface area contributed by atoms with Crippen LogP contribution in [0.4, 0.5) is 0 Å². The van der Waals surface area contributed by atoms with Crippen LogP contribution in [-0.2, 0) is 14.4 Å². The lowest BCUT2D eigenvalue weighted by molar-refractivity contribution is -0.141. The van der Waals surface area contributed by atoms with E-state index in [1.54, 1.807) is 9.80 Å². The van der Waals surface area contributed by atoms with Crippen LogP contribution < -0.4 is 0 Å². The van der Waals surface area contributed by atoms with Gasteiger partial charge in [0.25, 0.3) is 0 Å². The first-order valence-electron chi connectivity index (χ1n) is 6.10. The third-order valence-electron chi connectivity index (χ3n) is 2.84. The number of ketones is 1. The topological polar surface area (TPSA) is 60.9 Å². The van der Waals surface area contributed by atoms with Gasteiger partial charge in [0.1, 0.15) is 5.78 Å². The van der Waals surface area contributed by atoms with Gasteiger partial charge in [0.2, 0.25) is 11.8 Å². The Hall–Kier alpha value is -1.43. The summed E-state index contributed by atoms with van der Waals surface area (Å²) in [5.41, 5.74) is 0. The first-order chi connectivity index (χ1) is 8.40. The van der Waals surface area contributed by atoms with E-state index in [9.17, 15) is 14.4 Å². The Balaban J connectivity index is 2.39. The van der Waals surface area contributed by atoms with Crippen molar-refractivity contribution in [1.29, 1.82) is 0 Å². The molecule has 0 atom stereocenters. The van der Waals surface area contributed by atoms with Gasteiger partial charge in [-0.05, 0) is 21.0 Å². The Morgan fingerprint density at radius 3 is 1.78 bits per heavy atom. The molecule has 1 aliphatic rings. The normalized spacial score (nSPS) is 16.0. The highest BCUT2D eigenvalue weighted by atomic mass is 16.2. The second-order valence-corrected chi connectivity index (χ2v) is 4.88. The fraction of sp³-hybridized carbons (Fsp3) is 0.750. The maximum Gasteiger partial charge on any atom is 0.236 e. The van der Waals surface area contributed by atoms with Crippen molar-refractivity contribution in [2.75, 3.05) is 46.8 Å². The zero-order valence-electron chi connectivity index (χ0n) is 11.3. The zero-order valence-corrected chi connectivity index (χ0v) is 11.3. The molecule has 1 saturated heterocycles. The molecule has 0 aliphatic carbocycles. The summed E-state index contributed by atoms with van der Waals surface area (Å²) < 4.78 is 0. The maximum atomic E-state index is 11.8. The molecule has 1 aliphatic heterocycles. The summed E-state index contributed by atoms with van der Waals surface area (Å²) in [4.78, 5) is 39.6. The molecular weight excluding hydrogens is 234 g/mol. The number of amides is 2. The molecule has 0 aromatic heterocycles. The predicted molar refractivity (Wildman–Crippen MR) is 67.0 cm³/mol. The molecule has 0 radical (unpaired) electrons. The van der Waals surface area contributed by atoms with Crippen LogP contribution in [0.15, 0.2) is 0 Å². The number of carbonyl (C=O) groups is 3. The van der Waals surface area contributed by atoms with Gasteiger partial charge in [-0.2, -0.15) is 0 Å². The number of likely N-dealkylation sites (N-methyl/N-ethyl adjacent to an activating group) is 1. The molecule has 102 valence electrons. The van der Waals surface area contributed by atoms with Crippen LogP contribution in [0.1, 0.15) is 13.3 Å². The van der Waals surface area contributed by atoms with Gasteiger partial charge in [0, 0.05) is 26.2 Å². The van der Waals surface area contributed by atoms with Crippen LogP contribution in [-0.4, -0.2) is 79.1 Å². The third-order valence-corrected chi connectivity index (χ3v) is 2.84. The van der Waals surface area contributed by atoms with E-state index in [-0.39, 0.29) is 24.0 Å². The van der Waals surface area contributed by atoms with Crippen LogP contribution in [0, 0.1) is 0 Å². The standard InChI is InChI=1S/C12H21N3O3/c1-10(16)8-11(17)14-4-6-15(7-5-14)12(18)9-13(2)3/h4-9H2,1-3H3. The Morgan fingerprint density at radius 2 is 1.39 bits per heavy atom. The van der Waals surface area contributed by atoms with Crippen LogP contribution in [0.25, 0.3) is 0 Å². The first-order valence-corrected chi connectivity index (χ1v) is 6.10. The molecule has 6 nitrogen and oxygen atoms in total. The number of Topliss-reactive ketones (excluding diaryl/α,β-unsaturated/α-hetero) is 1. The minimum atomic E-state index is -0.137. The molecule has 2 amide bonds. The van der Waals surface area contributed by atoms with Crippen LogP contribution in [0.2, 0.25) is 0 Å². The minimum absolute atomic E-state index is 0.0361. The molecule has 18 heavy (non-hydrogen) atoms. The predicted octanol–water partition coefficient (Wildman–Crippen LogP) is -0.802. The highest BCUT2D eigenvalue weighted by molar-refractivity contribution is 5.96. The summed E-state index contributed by atoms with van der Waals surface area (Å²) in [5.74, 6) is -0.174. The molecule has 1 heterocycles. The van der Waals surface area contributed by atoms with Crippen molar-refractivity contribution in [2.24, 2.45) is 0 Å². The quantitative estimate of drug-likeness (QED) is 0.617. The van der Waals surface area contributed by atoms with Crippen molar-refractivity contribution in [3.8, 4) is 0 Å². The largest absolute Gasteiger partial charge is 0.339 e. The van der Waals surface area contributed by atoms with E-state index >= 15 is 0 Å². The monoisotopic (exact) mass is 255 g/mol. The summed E-state index contributed by atoms with van der Waals surface area (Å²) in [6, 6.07) is 0. The maximum absolute atomic E-state index is 11.8. The second kappa shape index (κ2) is 6.49. The number of rotatable bonds is 4. The highest BCUT2D eigenvalue weighted by Crippen LogP contribution is 2.05. The molecule has 0 unspecified atom stereocenters. The summed E-state index contributed by atoms with van der Waals surface area (Å²) in [7, 11) is 3.70. The van der Waals surface area contributed by atoms with Crippen LogP contribution in [0.5, 0.6) is 0 Å². The van der Waals surface area contributed by atoms with Gasteiger partial charge in [0.15, 0.2) is 0 Å². The molecule has 1 fully saturated rings. The van der Waals surface area contributed by atoms with Crippen molar-refractivity contribution in [3.05, 3.63) is 0 Å². The number of carbonyl (C=O) groups excluding carboxylic acids is 3. The Bertz CT molecular complexity index is 333. The molecule has 0 saturated carbocycles. The third kappa shape index (κ3) is 4.44. The van der Waals surface area contributed by atoms with Crippen molar-refractivity contribution in [3.63, 3.8) is 0 Å². The number of nitrogens with zero attached hydrogens (tertiary/aromatic N) is 3. The zero-order chi connectivity index (χ0) is 13.7. The van der Waals surface area contributed by atoms with Crippen molar-refractivity contribution >= 4 is 17.6 Å². The average molecular weight is 255 g/mol. The Labute approximate surface area is 108 Å². The number of hydrogen-bond acceptors (Lipinski definition) is 4. The summed E-state index contributed by atoms with van der Waals surface area (Å²) >= 11 is 0. The fourth-order valence-corrected chi connectivity index (χ4v) is 1.90. The SMILES string of the molecule is CC(=O)CC(=O)N1CCN(C(=O)CN(C)C)CC1. The van der Waals surface area contributed by atoms with E-state index in [1.165, 1.54) is 6.92 Å². The molecule has 0 aromatic carbocycles. The van der Waals surface area contributed by atoms with Gasteiger partial charge < -0.3 is 14.7 Å². The molecule has 0 spiro atoms. The van der Waals surface area contributed by atoms with Gasteiger partial charge in [-0.3, -0.25) is 14.4 Å². The van der Waals surface area contributed by atoms with E-state index in [0.717, 1.165) is 0 Å². The van der Waals surface area contributed by atoms with E-state index in [0.29, 0.717) is 32.7 Å². The molecule has 0 N–H and O–H groups in total. The molecule has 6 heteroatoms. The smallest absolute Gasteiger partial charge is 0.236 e. The lowest BCUT2D eigenvalue weighted by Crippen LogP contribution is -2.52. The Morgan fingerprint density at radius 1 is 0.944 bits per heavy atom. The van der Waals surface area contributed by atoms with E-state index in [1.807, 2.05) is 19.0 Å². The Kier molecular flexibility index (Phi) is 5.27. The summed E-state index contributed by atoms with van der Waals surface area (Å²) in [6.07, 6.45) is -0.0361. The molecular formula is C12H21N3O3. The fourth-order valence-electron chi connectivity index (χ4n) is 1.90. The van der Waals surface area contributed by atoms with Crippen LogP contribution >= 0.6 is 0 Å². The lowest BCUT2D eigenvalue weighted by atomic mass is 10.2. The minimum Gasteiger partial charge on any atom is -0.339 e. The molecule has 1 rings (SSSR count). The van der Waals surface area contributed by atoms with E-state index < -0.39 is 0 Å². The van der Waals surface area contributed by atoms with Crippen molar-refractivity contribution in [1.82, 2.24) is 14.7 Å². The molecule has 0 aromatic rings. The van der Waals surface area contributed by atoms with Gasteiger partial charge in [-0.25, -0.2) is 0 Å². The summed E-state index contributed by atoms with van der Waals surface area (Å²) in [6.45, 7) is 3.94. The number of piperazine rings is 1. The lowest BCUT2D eigenvalue weighted by Gasteiger charge is -2.35. The van der Waals surface area contributed by atoms with Gasteiger partial charge in [-0.1, -0.05) is 0 Å². The van der Waals surface area contributed by atoms with Crippen LogP contribution in [0.3, 0.4) is 0 Å². The second-order valence-electron chi connectivity index (χ2n) is 4.88. The van der Waals surface area contributed by atoms with Crippen molar-refractivity contribution in [2.45, 2.75) is 13.3 Å². The van der Waals surface area contributed by atoms with E-state index in [2.05, 4.69) is 0 Å². The molecule has 0 bridgehead atoms.